The maximum Gasteiger partial charge on any atom is 0.150 e. The first-order valence-electron chi connectivity index (χ1n) is 11.1. The number of hydrazone groups is 1. The van der Waals surface area contributed by atoms with E-state index in [2.05, 4.69) is 52.8 Å². The van der Waals surface area contributed by atoms with E-state index in [4.69, 9.17) is 15.1 Å². The number of unbranched alkanes of at least 4 members (excludes halogenated alkanes) is 2. The highest BCUT2D eigenvalue weighted by Gasteiger charge is 2.15. The Hall–Kier alpha value is -3.42. The summed E-state index contributed by atoms with van der Waals surface area (Å²) in [7, 11) is 0. The molecule has 0 bridgehead atoms. The average Bonchev–Trinajstić information content (AvgIpc) is 3.47. The lowest BCUT2D eigenvalue weighted by Gasteiger charge is -2.20. The van der Waals surface area contributed by atoms with Crippen LogP contribution in [0.15, 0.2) is 47.7 Å². The van der Waals surface area contributed by atoms with Crippen molar-refractivity contribution in [3.05, 3.63) is 59.8 Å². The minimum atomic E-state index is 0.691. The molecule has 0 amide bonds. The number of hydrogen-bond acceptors (Lipinski definition) is 7. The van der Waals surface area contributed by atoms with Crippen LogP contribution in [0, 0.1) is 0 Å². The van der Waals surface area contributed by atoms with Crippen LogP contribution in [0.2, 0.25) is 0 Å². The molecular formula is C23H30N8. The number of pyridine rings is 1. The van der Waals surface area contributed by atoms with Crippen LogP contribution in [-0.4, -0.2) is 26.1 Å². The summed E-state index contributed by atoms with van der Waals surface area (Å²) in [5.41, 5.74) is 9.96. The van der Waals surface area contributed by atoms with Crippen molar-refractivity contribution in [2.24, 2.45) is 5.10 Å². The number of anilines is 1. The normalized spacial score (nSPS) is 12.8. The highest BCUT2D eigenvalue weighted by Crippen LogP contribution is 2.28. The number of aromatic nitrogens is 4. The minimum absolute atomic E-state index is 0.691. The molecule has 3 heterocycles. The summed E-state index contributed by atoms with van der Waals surface area (Å²) in [4.78, 5) is 9.54. The molecule has 31 heavy (non-hydrogen) atoms. The zero-order valence-electron chi connectivity index (χ0n) is 18.3. The number of benzene rings is 1. The van der Waals surface area contributed by atoms with E-state index in [9.17, 15) is 0 Å². The van der Waals surface area contributed by atoms with Gasteiger partial charge in [-0.3, -0.25) is 10.4 Å². The molecule has 0 saturated heterocycles. The number of nitrogens with zero attached hydrogens (tertiary/aromatic N) is 6. The van der Waals surface area contributed by atoms with Crippen molar-refractivity contribution in [1.82, 2.24) is 30.7 Å². The summed E-state index contributed by atoms with van der Waals surface area (Å²) in [6.45, 7) is 5.10. The molecule has 0 unspecified atom stereocenters. The van der Waals surface area contributed by atoms with E-state index in [-0.39, 0.29) is 0 Å². The summed E-state index contributed by atoms with van der Waals surface area (Å²) >= 11 is 0. The van der Waals surface area contributed by atoms with Crippen LogP contribution in [0.3, 0.4) is 0 Å². The van der Waals surface area contributed by atoms with Gasteiger partial charge in [-0.25, -0.2) is 9.67 Å². The second kappa shape index (κ2) is 10.1. The zero-order valence-corrected chi connectivity index (χ0v) is 18.3. The summed E-state index contributed by atoms with van der Waals surface area (Å²) in [5, 5.41) is 10.5. The van der Waals surface area contributed by atoms with E-state index in [1.807, 2.05) is 24.4 Å². The van der Waals surface area contributed by atoms with E-state index in [1.165, 1.54) is 0 Å². The Kier molecular flexibility index (Phi) is 6.76. The average molecular weight is 419 g/mol. The van der Waals surface area contributed by atoms with E-state index in [0.29, 0.717) is 6.54 Å². The SMILES string of the molecule is CCCCc1nc(CCCC)n(Cc2ccc(-c3ccccc3N3NC=NN3)nc2)n1. The third kappa shape index (κ3) is 5.02. The van der Waals surface area contributed by atoms with Crippen LogP contribution in [-0.2, 0) is 19.4 Å². The predicted molar refractivity (Wildman–Crippen MR) is 123 cm³/mol. The molecule has 2 aromatic heterocycles. The Balaban J connectivity index is 1.52. The van der Waals surface area contributed by atoms with Crippen molar-refractivity contribution in [2.75, 3.05) is 5.12 Å². The number of hydrazine groups is 2. The second-order valence-corrected chi connectivity index (χ2v) is 7.70. The molecule has 0 spiro atoms. The number of aryl methyl sites for hydroxylation is 2. The van der Waals surface area contributed by atoms with Gasteiger partial charge in [0, 0.05) is 24.6 Å². The summed E-state index contributed by atoms with van der Waals surface area (Å²) in [6.07, 6.45) is 10.0. The molecule has 1 aromatic carbocycles. The van der Waals surface area contributed by atoms with Gasteiger partial charge >= 0.3 is 0 Å². The lowest BCUT2D eigenvalue weighted by atomic mass is 10.1. The zero-order chi connectivity index (χ0) is 21.5. The van der Waals surface area contributed by atoms with Gasteiger partial charge in [0.25, 0.3) is 0 Å². The number of hydrogen-bond donors (Lipinski definition) is 2. The largest absolute Gasteiger partial charge is 0.266 e. The molecule has 3 aromatic rings. The molecule has 4 rings (SSSR count). The van der Waals surface area contributed by atoms with Crippen molar-refractivity contribution in [2.45, 2.75) is 58.9 Å². The molecule has 162 valence electrons. The van der Waals surface area contributed by atoms with Crippen molar-refractivity contribution in [3.8, 4) is 11.3 Å². The van der Waals surface area contributed by atoms with Gasteiger partial charge in [-0.2, -0.15) is 15.8 Å². The van der Waals surface area contributed by atoms with Gasteiger partial charge in [0.1, 0.15) is 12.2 Å². The van der Waals surface area contributed by atoms with Crippen LogP contribution in [0.5, 0.6) is 0 Å². The Labute approximate surface area is 183 Å². The number of rotatable bonds is 10. The molecule has 1 aliphatic rings. The fourth-order valence-corrected chi connectivity index (χ4v) is 3.57. The van der Waals surface area contributed by atoms with Gasteiger partial charge in [-0.05, 0) is 30.5 Å². The maximum atomic E-state index is 4.80. The molecular weight excluding hydrogens is 388 g/mol. The first kappa shape index (κ1) is 20.8. The lowest BCUT2D eigenvalue weighted by Crippen LogP contribution is -2.39. The number of nitrogens with one attached hydrogen (secondary N) is 2. The van der Waals surface area contributed by atoms with Crippen molar-refractivity contribution < 1.29 is 0 Å². The van der Waals surface area contributed by atoms with Gasteiger partial charge in [0.15, 0.2) is 5.82 Å². The molecule has 0 aliphatic carbocycles. The Morgan fingerprint density at radius 2 is 1.81 bits per heavy atom. The molecule has 8 nitrogen and oxygen atoms in total. The molecule has 0 atom stereocenters. The topological polar surface area (TPSA) is 83.3 Å². The first-order valence-corrected chi connectivity index (χ1v) is 11.1. The van der Waals surface area contributed by atoms with E-state index in [1.54, 1.807) is 11.5 Å². The smallest absolute Gasteiger partial charge is 0.150 e. The van der Waals surface area contributed by atoms with Crippen molar-refractivity contribution >= 4 is 12.0 Å². The van der Waals surface area contributed by atoms with Gasteiger partial charge < -0.3 is 0 Å². The third-order valence-electron chi connectivity index (χ3n) is 5.29. The first-order chi connectivity index (χ1) is 15.3. The van der Waals surface area contributed by atoms with Gasteiger partial charge in [-0.1, -0.05) is 51.0 Å². The van der Waals surface area contributed by atoms with E-state index in [0.717, 1.165) is 72.7 Å². The van der Waals surface area contributed by atoms with Crippen LogP contribution in [0.4, 0.5) is 5.69 Å². The summed E-state index contributed by atoms with van der Waals surface area (Å²) in [6, 6.07) is 12.3. The Bertz CT molecular complexity index is 1000. The van der Waals surface area contributed by atoms with Crippen LogP contribution >= 0.6 is 0 Å². The van der Waals surface area contributed by atoms with Crippen molar-refractivity contribution in [3.63, 3.8) is 0 Å². The van der Waals surface area contributed by atoms with E-state index < -0.39 is 0 Å². The van der Waals surface area contributed by atoms with Crippen LogP contribution in [0.1, 0.15) is 56.7 Å². The molecule has 0 radical (unpaired) electrons. The van der Waals surface area contributed by atoms with Gasteiger partial charge in [0.05, 0.1) is 17.9 Å². The fraction of sp³-hybridized carbons (Fsp3) is 0.391. The molecule has 0 fully saturated rings. The quantitative estimate of drug-likeness (QED) is 0.520. The monoisotopic (exact) mass is 418 g/mol. The highest BCUT2D eigenvalue weighted by molar-refractivity contribution is 5.77. The predicted octanol–water partition coefficient (Wildman–Crippen LogP) is 3.85. The second-order valence-electron chi connectivity index (χ2n) is 7.70. The summed E-state index contributed by atoms with van der Waals surface area (Å²) < 4.78 is 2.06. The van der Waals surface area contributed by atoms with Crippen molar-refractivity contribution in [1.29, 1.82) is 0 Å². The lowest BCUT2D eigenvalue weighted by molar-refractivity contribution is 0.611. The third-order valence-corrected chi connectivity index (χ3v) is 5.29. The maximum absolute atomic E-state index is 4.80. The molecule has 0 saturated carbocycles. The van der Waals surface area contributed by atoms with Gasteiger partial charge in [0.2, 0.25) is 0 Å². The highest BCUT2D eigenvalue weighted by atomic mass is 15.9. The minimum Gasteiger partial charge on any atom is -0.266 e. The van der Waals surface area contributed by atoms with Crippen LogP contribution < -0.4 is 16.1 Å². The van der Waals surface area contributed by atoms with E-state index >= 15 is 0 Å². The Morgan fingerprint density at radius 1 is 0.968 bits per heavy atom. The summed E-state index contributed by atoms with van der Waals surface area (Å²) in [5.74, 6) is 2.04. The Morgan fingerprint density at radius 3 is 2.55 bits per heavy atom. The fourth-order valence-electron chi connectivity index (χ4n) is 3.57. The molecule has 1 aliphatic heterocycles. The molecule has 8 heteroatoms. The molecule has 2 N–H and O–H groups in total. The van der Waals surface area contributed by atoms with Gasteiger partial charge in [-0.15, -0.1) is 5.10 Å². The standard InChI is InChI=1S/C23H30N8/c1-3-5-11-22-27-23(12-6-4-2)30(28-22)16-18-13-14-20(24-15-18)19-9-7-8-10-21(19)31-26-17-25-29-31/h7-10,13-15,17,29H,3-6,11-12,16H2,1-2H3,(H,25,26). The number of para-hydroxylation sites is 1. The van der Waals surface area contributed by atoms with Crippen LogP contribution in [0.25, 0.3) is 11.3 Å².